The second kappa shape index (κ2) is 12.3. The number of fused-ring (bicyclic) bond motifs is 1. The molecule has 216 valence electrons. The van der Waals surface area contributed by atoms with Gasteiger partial charge in [-0.15, -0.1) is 0 Å². The van der Waals surface area contributed by atoms with Gasteiger partial charge in [-0.1, -0.05) is 44.2 Å². The summed E-state index contributed by atoms with van der Waals surface area (Å²) in [4.78, 5) is 2.49. The van der Waals surface area contributed by atoms with Gasteiger partial charge in [0.1, 0.15) is 18.1 Å². The van der Waals surface area contributed by atoms with Crippen LogP contribution < -0.4 is 23.7 Å². The van der Waals surface area contributed by atoms with Gasteiger partial charge in [0.15, 0.2) is 11.5 Å². The summed E-state index contributed by atoms with van der Waals surface area (Å²) in [6.45, 7) is 8.63. The Morgan fingerprint density at radius 2 is 1.46 bits per heavy atom. The Hall–Kier alpha value is -3.90. The molecule has 0 aliphatic carbocycles. The molecule has 0 N–H and O–H groups in total. The third kappa shape index (κ3) is 6.23. The van der Waals surface area contributed by atoms with Crippen molar-refractivity contribution in [3.63, 3.8) is 0 Å². The van der Waals surface area contributed by atoms with Gasteiger partial charge in [0.2, 0.25) is 5.75 Å². The van der Waals surface area contributed by atoms with E-state index in [-0.39, 0.29) is 0 Å². The summed E-state index contributed by atoms with van der Waals surface area (Å²) in [7, 11) is 6.62. The minimum Gasteiger partial charge on any atom is -0.497 e. The Balaban J connectivity index is 1.45. The van der Waals surface area contributed by atoms with Crippen LogP contribution in [0, 0.1) is 5.41 Å². The predicted molar refractivity (Wildman–Crippen MR) is 165 cm³/mol. The van der Waals surface area contributed by atoms with E-state index in [0.29, 0.717) is 29.3 Å². The maximum atomic E-state index is 6.11. The highest BCUT2D eigenvalue weighted by atomic mass is 16.5. The third-order valence-electron chi connectivity index (χ3n) is 8.07. The first-order chi connectivity index (χ1) is 19.9. The SMILES string of the molecule is COc1ccc2c(Cc3ccc(OCCN4CCC(C)(C)C4)cc3)c(-c3ccc(OC)c(OC)c3OC)ccc2c1. The van der Waals surface area contributed by atoms with E-state index in [1.54, 1.807) is 28.4 Å². The lowest BCUT2D eigenvalue weighted by molar-refractivity contribution is 0.222. The van der Waals surface area contributed by atoms with Gasteiger partial charge in [-0.05, 0) is 88.7 Å². The average Bonchev–Trinajstić information content (AvgIpc) is 3.34. The molecule has 0 atom stereocenters. The van der Waals surface area contributed by atoms with E-state index in [2.05, 4.69) is 67.3 Å². The monoisotopic (exact) mass is 555 g/mol. The summed E-state index contributed by atoms with van der Waals surface area (Å²) >= 11 is 0. The number of likely N-dealkylation sites (tertiary alicyclic amines) is 1. The molecule has 1 fully saturated rings. The molecule has 0 bridgehead atoms. The van der Waals surface area contributed by atoms with Crippen LogP contribution in [0.15, 0.2) is 66.7 Å². The van der Waals surface area contributed by atoms with Gasteiger partial charge in [0.25, 0.3) is 0 Å². The van der Waals surface area contributed by atoms with Gasteiger partial charge in [-0.3, -0.25) is 4.90 Å². The molecule has 41 heavy (non-hydrogen) atoms. The molecule has 4 aromatic carbocycles. The number of ether oxygens (including phenoxy) is 5. The normalized spacial score (nSPS) is 14.7. The van der Waals surface area contributed by atoms with E-state index in [0.717, 1.165) is 59.5 Å². The zero-order valence-electron chi connectivity index (χ0n) is 25.1. The van der Waals surface area contributed by atoms with Crippen LogP contribution in [0.5, 0.6) is 28.7 Å². The highest BCUT2D eigenvalue weighted by Gasteiger charge is 2.28. The molecular weight excluding hydrogens is 514 g/mol. The molecule has 1 aliphatic rings. The fraction of sp³-hybridized carbons (Fsp3) is 0.371. The van der Waals surface area contributed by atoms with Gasteiger partial charge < -0.3 is 23.7 Å². The molecule has 5 rings (SSSR count). The van der Waals surface area contributed by atoms with Crippen LogP contribution in [0.1, 0.15) is 31.4 Å². The number of nitrogens with zero attached hydrogens (tertiary/aromatic N) is 1. The van der Waals surface area contributed by atoms with E-state index < -0.39 is 0 Å². The van der Waals surface area contributed by atoms with Crippen LogP contribution in [0.3, 0.4) is 0 Å². The Morgan fingerprint density at radius 1 is 0.732 bits per heavy atom. The summed E-state index contributed by atoms with van der Waals surface area (Å²) in [5, 5.41) is 2.28. The van der Waals surface area contributed by atoms with Crippen molar-refractivity contribution in [2.24, 2.45) is 5.41 Å². The van der Waals surface area contributed by atoms with Crippen LogP contribution in [0.4, 0.5) is 0 Å². The fourth-order valence-corrected chi connectivity index (χ4v) is 5.87. The predicted octanol–water partition coefficient (Wildman–Crippen LogP) is 7.24. The minimum atomic E-state index is 0.411. The largest absolute Gasteiger partial charge is 0.497 e. The second-order valence-corrected chi connectivity index (χ2v) is 11.4. The zero-order chi connectivity index (χ0) is 29.0. The molecule has 0 spiro atoms. The van der Waals surface area contributed by atoms with E-state index in [1.165, 1.54) is 17.5 Å². The average molecular weight is 556 g/mol. The number of benzene rings is 4. The second-order valence-electron chi connectivity index (χ2n) is 11.4. The third-order valence-corrected chi connectivity index (χ3v) is 8.07. The molecule has 0 aromatic heterocycles. The van der Waals surface area contributed by atoms with E-state index in [9.17, 15) is 0 Å². The summed E-state index contributed by atoms with van der Waals surface area (Å²) in [5.74, 6) is 3.58. The van der Waals surface area contributed by atoms with Crippen molar-refractivity contribution < 1.29 is 23.7 Å². The highest BCUT2D eigenvalue weighted by Crippen LogP contribution is 2.46. The Labute approximate surface area is 243 Å². The molecule has 1 heterocycles. The van der Waals surface area contributed by atoms with E-state index in [4.69, 9.17) is 23.7 Å². The first kappa shape index (κ1) is 28.6. The molecule has 0 unspecified atom stereocenters. The summed E-state index contributed by atoms with van der Waals surface area (Å²) in [6.07, 6.45) is 1.99. The van der Waals surface area contributed by atoms with Crippen LogP contribution in [-0.2, 0) is 6.42 Å². The van der Waals surface area contributed by atoms with Crippen LogP contribution >= 0.6 is 0 Å². The molecule has 0 radical (unpaired) electrons. The van der Waals surface area contributed by atoms with Gasteiger partial charge >= 0.3 is 0 Å². The standard InChI is InChI=1S/C35H41NO5/c1-35(2)17-18-36(23-35)19-20-41-26-10-7-24(8-11-26)21-31-28-14-12-27(37-3)22-25(28)9-13-29(31)30-15-16-32(38-4)34(40-6)33(30)39-5/h7-16,22H,17-21,23H2,1-6H3. The van der Waals surface area contributed by atoms with Crippen molar-refractivity contribution in [3.05, 3.63) is 77.9 Å². The first-order valence-corrected chi connectivity index (χ1v) is 14.2. The first-order valence-electron chi connectivity index (χ1n) is 14.2. The molecule has 6 heteroatoms. The Morgan fingerprint density at radius 3 is 2.12 bits per heavy atom. The maximum absolute atomic E-state index is 6.11. The number of methoxy groups -OCH3 is 4. The van der Waals surface area contributed by atoms with Crippen molar-refractivity contribution >= 4 is 10.8 Å². The molecule has 1 saturated heterocycles. The zero-order valence-corrected chi connectivity index (χ0v) is 25.1. The fourth-order valence-electron chi connectivity index (χ4n) is 5.87. The van der Waals surface area contributed by atoms with E-state index >= 15 is 0 Å². The van der Waals surface area contributed by atoms with Gasteiger partial charge in [0, 0.05) is 18.7 Å². The smallest absolute Gasteiger partial charge is 0.203 e. The lowest BCUT2D eigenvalue weighted by atomic mass is 9.89. The van der Waals surface area contributed by atoms with Crippen molar-refractivity contribution in [1.29, 1.82) is 0 Å². The maximum Gasteiger partial charge on any atom is 0.203 e. The van der Waals surface area contributed by atoms with Crippen molar-refractivity contribution in [3.8, 4) is 39.9 Å². The summed E-state index contributed by atoms with van der Waals surface area (Å²) in [6, 6.07) is 22.9. The van der Waals surface area contributed by atoms with Crippen LogP contribution in [-0.4, -0.2) is 59.6 Å². The van der Waals surface area contributed by atoms with Crippen LogP contribution in [0.2, 0.25) is 0 Å². The lowest BCUT2D eigenvalue weighted by Crippen LogP contribution is -2.27. The molecule has 6 nitrogen and oxygen atoms in total. The summed E-state index contributed by atoms with van der Waals surface area (Å²) < 4.78 is 28.7. The lowest BCUT2D eigenvalue weighted by Gasteiger charge is -2.20. The Bertz CT molecular complexity index is 1500. The Kier molecular flexibility index (Phi) is 8.60. The van der Waals surface area contributed by atoms with Crippen molar-refractivity contribution in [2.75, 3.05) is 54.7 Å². The number of hydrogen-bond acceptors (Lipinski definition) is 6. The molecule has 0 amide bonds. The van der Waals surface area contributed by atoms with E-state index in [1.807, 2.05) is 18.2 Å². The highest BCUT2D eigenvalue weighted by molar-refractivity contribution is 5.94. The quantitative estimate of drug-likeness (QED) is 0.194. The molecule has 4 aromatic rings. The minimum absolute atomic E-state index is 0.411. The number of hydrogen-bond donors (Lipinski definition) is 0. The molecular formula is C35H41NO5. The molecule has 0 saturated carbocycles. The van der Waals surface area contributed by atoms with Crippen molar-refractivity contribution in [2.45, 2.75) is 26.7 Å². The van der Waals surface area contributed by atoms with Gasteiger partial charge in [0.05, 0.1) is 28.4 Å². The number of rotatable bonds is 11. The van der Waals surface area contributed by atoms with Crippen molar-refractivity contribution in [1.82, 2.24) is 4.90 Å². The van der Waals surface area contributed by atoms with Crippen LogP contribution in [0.25, 0.3) is 21.9 Å². The topological polar surface area (TPSA) is 49.4 Å². The van der Waals surface area contributed by atoms with Gasteiger partial charge in [-0.2, -0.15) is 0 Å². The molecule has 1 aliphatic heterocycles. The van der Waals surface area contributed by atoms with Gasteiger partial charge in [-0.25, -0.2) is 0 Å². The summed E-state index contributed by atoms with van der Waals surface area (Å²) in [5.41, 5.74) is 4.83.